The molecule has 0 spiro atoms. The fourth-order valence-corrected chi connectivity index (χ4v) is 3.64. The maximum Gasteiger partial charge on any atom is 0.0693 e. The Morgan fingerprint density at radius 2 is 2.18 bits per heavy atom. The minimum Gasteiger partial charge on any atom is -0.198 e. The predicted octanol–water partition coefficient (Wildman–Crippen LogP) is 4.65. The highest BCUT2D eigenvalue weighted by molar-refractivity contribution is 7.07. The summed E-state index contributed by atoms with van der Waals surface area (Å²) >= 11 is 1.73. The molecule has 0 atom stereocenters. The van der Waals surface area contributed by atoms with Crippen LogP contribution >= 0.6 is 11.3 Å². The summed E-state index contributed by atoms with van der Waals surface area (Å²) in [5, 5.41) is 13.8. The molecule has 0 aromatic carbocycles. The first-order valence-electron chi connectivity index (χ1n) is 6.57. The maximum absolute atomic E-state index is 9.52. The summed E-state index contributed by atoms with van der Waals surface area (Å²) in [7, 11) is 0. The summed E-state index contributed by atoms with van der Waals surface area (Å²) in [6.07, 6.45) is 5.59. The lowest BCUT2D eigenvalue weighted by atomic mass is 9.66. The fraction of sp³-hybridized carbons (Fsp3) is 0.667. The highest BCUT2D eigenvalue weighted by Crippen LogP contribution is 2.43. The second kappa shape index (κ2) is 5.23. The largest absolute Gasteiger partial charge is 0.198 e. The average molecular weight is 247 g/mol. The van der Waals surface area contributed by atoms with Crippen molar-refractivity contribution in [2.75, 3.05) is 0 Å². The van der Waals surface area contributed by atoms with E-state index in [1.807, 2.05) is 0 Å². The van der Waals surface area contributed by atoms with E-state index in [1.54, 1.807) is 11.3 Å². The van der Waals surface area contributed by atoms with Crippen LogP contribution in [-0.4, -0.2) is 0 Å². The van der Waals surface area contributed by atoms with Crippen molar-refractivity contribution in [2.45, 2.75) is 46.0 Å². The van der Waals surface area contributed by atoms with Crippen molar-refractivity contribution in [1.82, 2.24) is 0 Å². The Bertz CT molecular complexity index is 378. The molecule has 2 rings (SSSR count). The van der Waals surface area contributed by atoms with Crippen molar-refractivity contribution in [2.24, 2.45) is 17.3 Å². The van der Waals surface area contributed by atoms with Gasteiger partial charge in [-0.05, 0) is 66.3 Å². The summed E-state index contributed by atoms with van der Waals surface area (Å²) in [6, 6.07) is 4.78. The summed E-state index contributed by atoms with van der Waals surface area (Å²) in [4.78, 5) is 0. The molecule has 2 heteroatoms. The van der Waals surface area contributed by atoms with Crippen molar-refractivity contribution < 1.29 is 0 Å². The van der Waals surface area contributed by atoms with E-state index < -0.39 is 0 Å². The quantitative estimate of drug-likeness (QED) is 0.763. The third kappa shape index (κ3) is 2.90. The summed E-state index contributed by atoms with van der Waals surface area (Å²) < 4.78 is 0. The van der Waals surface area contributed by atoms with E-state index in [1.165, 1.54) is 18.4 Å². The topological polar surface area (TPSA) is 23.8 Å². The lowest BCUT2D eigenvalue weighted by molar-refractivity contribution is 0.175. The van der Waals surface area contributed by atoms with Gasteiger partial charge in [-0.25, -0.2) is 0 Å². The highest BCUT2D eigenvalue weighted by Gasteiger charge is 2.36. The highest BCUT2D eigenvalue weighted by atomic mass is 32.1. The molecule has 1 fully saturated rings. The van der Waals surface area contributed by atoms with E-state index in [4.69, 9.17) is 0 Å². The molecule has 1 heterocycles. The zero-order chi connectivity index (χ0) is 12.3. The van der Waals surface area contributed by atoms with Crippen molar-refractivity contribution in [3.05, 3.63) is 22.4 Å². The van der Waals surface area contributed by atoms with Crippen LogP contribution in [0.3, 0.4) is 0 Å². The van der Waals surface area contributed by atoms with Crippen LogP contribution in [0.4, 0.5) is 0 Å². The lowest BCUT2D eigenvalue weighted by Crippen LogP contribution is -2.29. The minimum absolute atomic E-state index is 0.0769. The molecule has 92 valence electrons. The van der Waals surface area contributed by atoms with Gasteiger partial charge >= 0.3 is 0 Å². The second-order valence-corrected chi connectivity index (χ2v) is 6.56. The van der Waals surface area contributed by atoms with Gasteiger partial charge in [0.05, 0.1) is 11.5 Å². The number of hydrogen-bond acceptors (Lipinski definition) is 2. The van der Waals surface area contributed by atoms with Crippen molar-refractivity contribution >= 4 is 11.3 Å². The van der Waals surface area contributed by atoms with Crippen LogP contribution in [0.5, 0.6) is 0 Å². The Balaban J connectivity index is 2.01. The first-order valence-corrected chi connectivity index (χ1v) is 7.52. The van der Waals surface area contributed by atoms with Gasteiger partial charge in [0, 0.05) is 0 Å². The molecule has 0 radical (unpaired) electrons. The standard InChI is InChI=1S/C15H21NS/c1-12(2)14-3-6-15(11-16,7-4-14)9-13-5-8-17-10-13/h5,8,10,12,14H,3-4,6-7,9H2,1-2H3. The monoisotopic (exact) mass is 247 g/mol. The van der Waals surface area contributed by atoms with Gasteiger partial charge in [0.15, 0.2) is 0 Å². The Morgan fingerprint density at radius 3 is 2.65 bits per heavy atom. The summed E-state index contributed by atoms with van der Waals surface area (Å²) in [6.45, 7) is 4.62. The SMILES string of the molecule is CC(C)C1CCC(C#N)(Cc2ccsc2)CC1. The molecule has 0 saturated heterocycles. The van der Waals surface area contributed by atoms with Gasteiger partial charge in [0.2, 0.25) is 0 Å². The molecule has 0 N–H and O–H groups in total. The van der Waals surface area contributed by atoms with Gasteiger partial charge in [0.1, 0.15) is 0 Å². The maximum atomic E-state index is 9.52. The van der Waals surface area contributed by atoms with E-state index >= 15 is 0 Å². The molecular formula is C15H21NS. The molecule has 1 aromatic rings. The molecule has 1 aliphatic rings. The van der Waals surface area contributed by atoms with Gasteiger partial charge in [-0.2, -0.15) is 16.6 Å². The van der Waals surface area contributed by atoms with Crippen LogP contribution in [0.15, 0.2) is 16.8 Å². The number of nitriles is 1. The third-order valence-corrected chi connectivity index (χ3v) is 5.02. The average Bonchev–Trinajstić information content (AvgIpc) is 2.82. The zero-order valence-electron chi connectivity index (χ0n) is 10.8. The molecule has 0 aliphatic heterocycles. The van der Waals surface area contributed by atoms with Gasteiger partial charge < -0.3 is 0 Å². The molecule has 1 saturated carbocycles. The Hall–Kier alpha value is -0.810. The Morgan fingerprint density at radius 1 is 1.47 bits per heavy atom. The van der Waals surface area contributed by atoms with Crippen molar-refractivity contribution in [1.29, 1.82) is 5.26 Å². The number of rotatable bonds is 3. The van der Waals surface area contributed by atoms with Crippen LogP contribution in [0, 0.1) is 28.6 Å². The molecule has 17 heavy (non-hydrogen) atoms. The minimum atomic E-state index is -0.0769. The summed E-state index contributed by atoms with van der Waals surface area (Å²) in [5.41, 5.74) is 1.27. The van der Waals surface area contributed by atoms with Crippen LogP contribution < -0.4 is 0 Å². The van der Waals surface area contributed by atoms with E-state index in [2.05, 4.69) is 36.7 Å². The molecule has 0 bridgehead atoms. The van der Waals surface area contributed by atoms with E-state index in [0.717, 1.165) is 31.1 Å². The van der Waals surface area contributed by atoms with Crippen LogP contribution in [0.1, 0.15) is 45.1 Å². The molecule has 0 amide bonds. The molecule has 1 aliphatic carbocycles. The first kappa shape index (κ1) is 12.6. The lowest BCUT2D eigenvalue weighted by Gasteiger charge is -2.36. The third-order valence-electron chi connectivity index (χ3n) is 4.29. The van der Waals surface area contributed by atoms with Gasteiger partial charge in [-0.1, -0.05) is 13.8 Å². The fourth-order valence-electron chi connectivity index (χ4n) is 2.97. The molecule has 1 nitrogen and oxygen atoms in total. The molecule has 0 unspecified atom stereocenters. The normalized spacial score (nSPS) is 29.2. The number of nitrogens with zero attached hydrogens (tertiary/aromatic N) is 1. The van der Waals surface area contributed by atoms with Crippen LogP contribution in [0.25, 0.3) is 0 Å². The first-order chi connectivity index (χ1) is 8.15. The Kier molecular flexibility index (Phi) is 3.89. The van der Waals surface area contributed by atoms with Gasteiger partial charge in [-0.15, -0.1) is 0 Å². The van der Waals surface area contributed by atoms with Crippen molar-refractivity contribution in [3.8, 4) is 6.07 Å². The van der Waals surface area contributed by atoms with Gasteiger partial charge in [-0.3, -0.25) is 0 Å². The van der Waals surface area contributed by atoms with E-state index in [-0.39, 0.29) is 5.41 Å². The van der Waals surface area contributed by atoms with Crippen LogP contribution in [-0.2, 0) is 6.42 Å². The second-order valence-electron chi connectivity index (χ2n) is 5.78. The number of thiophene rings is 1. The predicted molar refractivity (Wildman–Crippen MR) is 72.9 cm³/mol. The van der Waals surface area contributed by atoms with E-state index in [0.29, 0.717) is 0 Å². The van der Waals surface area contributed by atoms with Crippen LogP contribution in [0.2, 0.25) is 0 Å². The van der Waals surface area contributed by atoms with Crippen molar-refractivity contribution in [3.63, 3.8) is 0 Å². The van der Waals surface area contributed by atoms with E-state index in [9.17, 15) is 5.26 Å². The Labute approximate surface area is 108 Å². The zero-order valence-corrected chi connectivity index (χ0v) is 11.6. The molecule has 1 aromatic heterocycles. The smallest absolute Gasteiger partial charge is 0.0693 e. The summed E-state index contributed by atoms with van der Waals surface area (Å²) in [5.74, 6) is 1.60. The van der Waals surface area contributed by atoms with Gasteiger partial charge in [0.25, 0.3) is 0 Å². The number of hydrogen-bond donors (Lipinski definition) is 0. The molecular weight excluding hydrogens is 226 g/mol.